The minimum Gasteiger partial charge on any atom is -0.394 e. The quantitative estimate of drug-likeness (QED) is 0.0166. The summed E-state index contributed by atoms with van der Waals surface area (Å²) in [6.45, 7) is 4.13. The van der Waals surface area contributed by atoms with Gasteiger partial charge < -0.3 is 96.8 Å². The van der Waals surface area contributed by atoms with Crippen molar-refractivity contribution in [3.8, 4) is 0 Å². The number of H-pyrrole nitrogens is 1. The molecule has 0 bridgehead atoms. The highest BCUT2D eigenvalue weighted by atomic mass is 32.2. The molecule has 33 heteroatoms. The average Bonchev–Trinajstić information content (AvgIpc) is 3.70. The molecule has 2 saturated heterocycles. The smallest absolute Gasteiger partial charge is 0.245 e. The van der Waals surface area contributed by atoms with Gasteiger partial charge in [0.25, 0.3) is 0 Å². The van der Waals surface area contributed by atoms with E-state index in [0.717, 1.165) is 0 Å². The Balaban J connectivity index is 1.80. The molecule has 85 heavy (non-hydrogen) atoms. The summed E-state index contributed by atoms with van der Waals surface area (Å²) in [5.74, 6) is -8.00. The number of rotatable bonds is 38. The minimum atomic E-state index is -1.71. The lowest BCUT2D eigenvalue weighted by Gasteiger charge is -2.30. The van der Waals surface area contributed by atoms with Crippen LogP contribution in [0.2, 0.25) is 0 Å². The highest BCUT2D eigenvalue weighted by molar-refractivity contribution is 7.98. The zero-order valence-electron chi connectivity index (χ0n) is 49.0. The molecule has 9 atom stereocenters. The summed E-state index contributed by atoms with van der Waals surface area (Å²) in [7, 11) is 0. The molecule has 32 nitrogen and oxygen atoms in total. The van der Waals surface area contributed by atoms with Crippen molar-refractivity contribution in [2.45, 2.75) is 165 Å². The van der Waals surface area contributed by atoms with Crippen LogP contribution < -0.4 is 76.9 Å². The Morgan fingerprint density at radius 3 is 1.73 bits per heavy atom. The third-order valence-electron chi connectivity index (χ3n) is 13.9. The molecule has 0 spiro atoms. The van der Waals surface area contributed by atoms with E-state index >= 15 is 0 Å². The van der Waals surface area contributed by atoms with Crippen LogP contribution >= 0.6 is 11.8 Å². The first-order chi connectivity index (χ1) is 40.4. The summed E-state index contributed by atoms with van der Waals surface area (Å²) in [4.78, 5) is 167. The van der Waals surface area contributed by atoms with Gasteiger partial charge in [0.2, 0.25) is 65.0 Å². The molecule has 0 unspecified atom stereocenters. The van der Waals surface area contributed by atoms with Gasteiger partial charge in [0.05, 0.1) is 19.5 Å². The Morgan fingerprint density at radius 1 is 0.659 bits per heavy atom. The Kier molecular flexibility index (Phi) is 31.5. The van der Waals surface area contributed by atoms with Gasteiger partial charge in [-0.15, -0.1) is 0 Å². The fourth-order valence-electron chi connectivity index (χ4n) is 9.64. The van der Waals surface area contributed by atoms with E-state index in [1.165, 1.54) is 41.0 Å². The number of hydrogen-bond donors (Lipinski definition) is 16. The molecule has 0 radical (unpaired) electrons. The monoisotopic (exact) mass is 1220 g/mol. The maximum Gasteiger partial charge on any atom is 0.245 e. The lowest BCUT2D eigenvalue weighted by molar-refractivity contribution is -0.142. The standard InChI is InChI=1S/C52H90N20O12S/c1-29(2)23-36(68-44(78)34(12-7-18-60-51(55)56)67-49(83)40-15-10-21-72(40)50(84)35(64-30(3)74)13-8-19-61-52(57)58)45(79)70-38(27-73)47(81)69-37(24-31-25-59-28-63-31)46(80)66-33(11-5-6-17-53)43(77)62-26-41(75)71-20-9-14-39(71)48(82)65-32(42(54)76)16-22-85-4/h25,28-29,32-40,73H,5-24,26-27,53H2,1-4H3,(H2,54,76)(H,59,63)(H,62,77)(H,64,74)(H,65,82)(H,66,80)(H,67,83)(H,68,78)(H,69,81)(H,70,79)(H4,55,56,60)(H4,57,58,61)/t32-,33-,34-,35-,36-,37-,38-,39-,40-/m0/s1. The van der Waals surface area contributed by atoms with Gasteiger partial charge in [-0.1, -0.05) is 13.8 Å². The van der Waals surface area contributed by atoms with Crippen molar-refractivity contribution in [2.24, 2.45) is 50.3 Å². The molecule has 11 amide bonds. The van der Waals surface area contributed by atoms with Gasteiger partial charge in [-0.25, -0.2) is 4.98 Å². The van der Waals surface area contributed by atoms with Crippen molar-refractivity contribution in [1.82, 2.24) is 62.3 Å². The summed E-state index contributed by atoms with van der Waals surface area (Å²) in [5.41, 5.74) is 33.5. The maximum atomic E-state index is 14.3. The Bertz CT molecular complexity index is 2460. The zero-order valence-corrected chi connectivity index (χ0v) is 49.8. The van der Waals surface area contributed by atoms with E-state index in [9.17, 15) is 57.8 Å². The lowest BCUT2D eigenvalue weighted by atomic mass is 10.0. The van der Waals surface area contributed by atoms with Crippen LogP contribution in [0.25, 0.3) is 0 Å². The molecular formula is C52H90N20O12S. The van der Waals surface area contributed by atoms with Crippen LogP contribution in [-0.4, -0.2) is 214 Å². The number of primary amides is 1. The van der Waals surface area contributed by atoms with Crippen LogP contribution in [0.1, 0.15) is 110 Å². The third-order valence-corrected chi connectivity index (χ3v) is 14.6. The van der Waals surface area contributed by atoms with Crippen molar-refractivity contribution in [3.05, 3.63) is 18.2 Å². The second-order valence-corrected chi connectivity index (χ2v) is 22.2. The van der Waals surface area contributed by atoms with E-state index in [1.54, 1.807) is 13.8 Å². The first kappa shape index (κ1) is 71.5. The topological polar surface area (TPSA) is 520 Å². The second-order valence-electron chi connectivity index (χ2n) is 21.2. The van der Waals surface area contributed by atoms with Crippen molar-refractivity contribution in [1.29, 1.82) is 0 Å². The number of imidazole rings is 1. The highest BCUT2D eigenvalue weighted by Crippen LogP contribution is 2.22. The Labute approximate surface area is 498 Å². The second kappa shape index (κ2) is 37.5. The first-order valence-corrected chi connectivity index (χ1v) is 29.9. The number of carbonyl (C=O) groups excluding carboxylic acids is 11. The van der Waals surface area contributed by atoms with Crippen molar-refractivity contribution >= 4 is 88.7 Å². The fourth-order valence-corrected chi connectivity index (χ4v) is 10.1. The molecule has 2 fully saturated rings. The Morgan fingerprint density at radius 2 is 1.18 bits per heavy atom. The number of nitrogens with two attached hydrogens (primary N) is 6. The molecule has 0 aliphatic carbocycles. The number of aromatic nitrogens is 2. The number of guanidine groups is 2. The number of aliphatic hydroxyl groups excluding tert-OH is 1. The number of aliphatic imine (C=N–C) groups is 2. The Hall–Kier alpha value is -7.81. The molecule has 476 valence electrons. The molecule has 2 aliphatic rings. The lowest BCUT2D eigenvalue weighted by Crippen LogP contribution is -2.61. The van der Waals surface area contributed by atoms with E-state index in [1.807, 2.05) is 6.26 Å². The molecule has 1 aromatic heterocycles. The number of aliphatic hydroxyl groups is 1. The van der Waals surface area contributed by atoms with E-state index in [-0.39, 0.29) is 95.5 Å². The molecule has 3 rings (SSSR count). The zero-order chi connectivity index (χ0) is 63.2. The van der Waals surface area contributed by atoms with Gasteiger partial charge in [0.15, 0.2) is 11.9 Å². The van der Waals surface area contributed by atoms with Gasteiger partial charge in [0, 0.05) is 51.4 Å². The predicted molar refractivity (Wildman–Crippen MR) is 315 cm³/mol. The van der Waals surface area contributed by atoms with Crippen LogP contribution in [0, 0.1) is 5.92 Å². The van der Waals surface area contributed by atoms with Crippen molar-refractivity contribution in [2.75, 3.05) is 57.9 Å². The van der Waals surface area contributed by atoms with Gasteiger partial charge in [-0.05, 0) is 108 Å². The van der Waals surface area contributed by atoms with Crippen LogP contribution in [0.4, 0.5) is 0 Å². The number of unbranched alkanes of at least 4 members (excludes halogenated alkanes) is 1. The summed E-state index contributed by atoms with van der Waals surface area (Å²) in [6, 6.07) is -11.0. The number of nitrogens with zero attached hydrogens (tertiary/aromatic N) is 5. The van der Waals surface area contributed by atoms with Gasteiger partial charge in [0.1, 0.15) is 54.4 Å². The van der Waals surface area contributed by atoms with Crippen LogP contribution in [0.5, 0.6) is 0 Å². The summed E-state index contributed by atoms with van der Waals surface area (Å²) >= 11 is 1.47. The maximum absolute atomic E-state index is 14.3. The van der Waals surface area contributed by atoms with E-state index in [4.69, 9.17) is 34.4 Å². The van der Waals surface area contributed by atoms with E-state index in [2.05, 4.69) is 62.5 Å². The number of thioether (sulfide) groups is 1. The number of carbonyl (C=O) groups is 11. The van der Waals surface area contributed by atoms with Crippen molar-refractivity contribution < 1.29 is 57.8 Å². The van der Waals surface area contributed by atoms with Gasteiger partial charge >= 0.3 is 0 Å². The third kappa shape index (κ3) is 25.1. The van der Waals surface area contributed by atoms with Crippen LogP contribution in [-0.2, 0) is 59.2 Å². The summed E-state index contributed by atoms with van der Waals surface area (Å²) in [5, 5.41) is 31.4. The first-order valence-electron chi connectivity index (χ1n) is 28.5. The molecule has 2 aliphatic heterocycles. The predicted octanol–water partition coefficient (Wildman–Crippen LogP) is -6.02. The number of amides is 11. The molecule has 0 aromatic carbocycles. The van der Waals surface area contributed by atoms with Gasteiger partial charge in [-0.2, -0.15) is 11.8 Å². The average molecular weight is 1220 g/mol. The van der Waals surface area contributed by atoms with Crippen molar-refractivity contribution in [3.63, 3.8) is 0 Å². The number of hydrogen-bond acceptors (Lipinski definition) is 17. The molecular weight excluding hydrogens is 1130 g/mol. The fraction of sp³-hybridized carbons (Fsp3) is 0.692. The SMILES string of the molecule is CSCC[C@H](NC(=O)[C@@H]1CCCN1C(=O)CNC(=O)[C@H](CCCCN)NC(=O)[C@H](Cc1cnc[nH]1)NC(=O)[C@H](CO)NC(=O)[C@H](CC(C)C)NC(=O)[C@H](CCCN=C(N)N)NC(=O)[C@@H]1CCCN1C(=O)[C@H](CCCN=C(N)N)NC(C)=O)C(N)=O. The normalized spacial score (nSPS) is 17.1. The minimum absolute atomic E-state index is 0.00148. The molecule has 0 saturated carbocycles. The summed E-state index contributed by atoms with van der Waals surface area (Å²) < 4.78 is 0. The highest BCUT2D eigenvalue weighted by Gasteiger charge is 2.40. The molecule has 1 aromatic rings. The number of likely N-dealkylation sites (tertiary alicyclic amines) is 2. The van der Waals surface area contributed by atoms with E-state index < -0.39 is 133 Å². The van der Waals surface area contributed by atoms with Crippen LogP contribution in [0.15, 0.2) is 22.5 Å². The number of nitrogens with one attached hydrogen (secondary N) is 9. The van der Waals surface area contributed by atoms with Crippen LogP contribution in [0.3, 0.4) is 0 Å². The van der Waals surface area contributed by atoms with E-state index in [0.29, 0.717) is 56.4 Å². The molecule has 3 heterocycles. The largest absolute Gasteiger partial charge is 0.394 e. The molecule has 22 N–H and O–H groups in total. The summed E-state index contributed by atoms with van der Waals surface area (Å²) in [6.07, 6.45) is 7.57. The van der Waals surface area contributed by atoms with Gasteiger partial charge in [-0.3, -0.25) is 62.7 Å². The number of aromatic amines is 1.